The van der Waals surface area contributed by atoms with E-state index in [-0.39, 0.29) is 36.6 Å². The zero-order chi connectivity index (χ0) is 17.5. The SMILES string of the molecule is CC(=O)C(c1ccccc1)N1CCN(CCOc2ccccc2)CC1.Cl.Cl. The molecule has 0 amide bonds. The van der Waals surface area contributed by atoms with Crippen molar-refractivity contribution in [1.29, 1.82) is 0 Å². The lowest BCUT2D eigenvalue weighted by Gasteiger charge is -2.38. The van der Waals surface area contributed by atoms with E-state index < -0.39 is 0 Å². The van der Waals surface area contributed by atoms with Crippen molar-refractivity contribution in [3.05, 3.63) is 66.2 Å². The molecule has 1 aliphatic heterocycles. The first kappa shape index (κ1) is 23.4. The molecule has 0 bridgehead atoms. The summed E-state index contributed by atoms with van der Waals surface area (Å²) in [5.41, 5.74) is 1.09. The van der Waals surface area contributed by atoms with E-state index in [9.17, 15) is 4.79 Å². The summed E-state index contributed by atoms with van der Waals surface area (Å²) in [5.74, 6) is 1.13. The van der Waals surface area contributed by atoms with Gasteiger partial charge in [-0.3, -0.25) is 14.6 Å². The third kappa shape index (κ3) is 6.82. The fraction of sp³-hybridized carbons (Fsp3) is 0.381. The number of Topliss-reactive ketones (excluding diaryl/α,β-unsaturated/α-hetero) is 1. The van der Waals surface area contributed by atoms with Gasteiger partial charge in [-0.2, -0.15) is 0 Å². The van der Waals surface area contributed by atoms with Crippen molar-refractivity contribution in [2.24, 2.45) is 0 Å². The number of halogens is 2. The second-order valence-electron chi connectivity index (χ2n) is 6.46. The molecule has 0 saturated carbocycles. The molecule has 1 unspecified atom stereocenters. The van der Waals surface area contributed by atoms with Gasteiger partial charge in [-0.15, -0.1) is 24.8 Å². The predicted octanol–water partition coefficient (Wildman–Crippen LogP) is 3.86. The molecule has 1 heterocycles. The van der Waals surface area contributed by atoms with Gasteiger partial charge in [-0.1, -0.05) is 48.5 Å². The molecule has 1 saturated heterocycles. The maximum Gasteiger partial charge on any atom is 0.151 e. The summed E-state index contributed by atoms with van der Waals surface area (Å²) in [6.07, 6.45) is 0. The summed E-state index contributed by atoms with van der Waals surface area (Å²) >= 11 is 0. The molecule has 1 atom stereocenters. The molecule has 2 aromatic carbocycles. The van der Waals surface area contributed by atoms with Gasteiger partial charge in [-0.25, -0.2) is 0 Å². The van der Waals surface area contributed by atoms with Crippen LogP contribution in [0.2, 0.25) is 0 Å². The summed E-state index contributed by atoms with van der Waals surface area (Å²) in [7, 11) is 0. The van der Waals surface area contributed by atoms with E-state index in [0.29, 0.717) is 6.61 Å². The van der Waals surface area contributed by atoms with Gasteiger partial charge in [0.1, 0.15) is 12.4 Å². The van der Waals surface area contributed by atoms with E-state index in [1.54, 1.807) is 6.92 Å². The molecule has 0 spiro atoms. The molecule has 27 heavy (non-hydrogen) atoms. The second-order valence-corrected chi connectivity index (χ2v) is 6.46. The Morgan fingerprint density at radius 3 is 2.04 bits per heavy atom. The number of carbonyl (C=O) groups is 1. The number of rotatable bonds is 7. The van der Waals surface area contributed by atoms with Crippen molar-refractivity contribution in [2.75, 3.05) is 39.3 Å². The molecule has 2 aromatic rings. The molecular weight excluding hydrogens is 383 g/mol. The van der Waals surface area contributed by atoms with Crippen molar-refractivity contribution >= 4 is 30.6 Å². The third-order valence-corrected chi connectivity index (χ3v) is 4.69. The van der Waals surface area contributed by atoms with Crippen LogP contribution in [-0.2, 0) is 4.79 Å². The lowest BCUT2D eigenvalue weighted by Crippen LogP contribution is -2.49. The van der Waals surface area contributed by atoms with E-state index >= 15 is 0 Å². The Morgan fingerprint density at radius 2 is 1.48 bits per heavy atom. The number of piperazine rings is 1. The number of hydrogen-bond acceptors (Lipinski definition) is 4. The van der Waals surface area contributed by atoms with Crippen LogP contribution in [0.3, 0.4) is 0 Å². The average molecular weight is 411 g/mol. The number of hydrogen-bond donors (Lipinski definition) is 0. The lowest BCUT2D eigenvalue weighted by molar-refractivity contribution is -0.123. The van der Waals surface area contributed by atoms with Crippen LogP contribution in [0.4, 0.5) is 0 Å². The van der Waals surface area contributed by atoms with Gasteiger partial charge in [0.25, 0.3) is 0 Å². The maximum atomic E-state index is 12.2. The van der Waals surface area contributed by atoms with Gasteiger partial charge < -0.3 is 4.74 Å². The van der Waals surface area contributed by atoms with Crippen molar-refractivity contribution in [3.8, 4) is 5.75 Å². The Bertz CT molecular complexity index is 662. The first-order valence-corrected chi connectivity index (χ1v) is 8.93. The molecule has 0 aliphatic carbocycles. The minimum Gasteiger partial charge on any atom is -0.492 e. The van der Waals surface area contributed by atoms with E-state index in [0.717, 1.165) is 44.0 Å². The van der Waals surface area contributed by atoms with Crippen molar-refractivity contribution in [3.63, 3.8) is 0 Å². The highest BCUT2D eigenvalue weighted by atomic mass is 35.5. The molecule has 1 fully saturated rings. The summed E-state index contributed by atoms with van der Waals surface area (Å²) in [5, 5.41) is 0. The number of ether oxygens (including phenoxy) is 1. The fourth-order valence-corrected chi connectivity index (χ4v) is 3.39. The zero-order valence-corrected chi connectivity index (χ0v) is 17.3. The van der Waals surface area contributed by atoms with Crippen molar-refractivity contribution < 1.29 is 9.53 Å². The van der Waals surface area contributed by atoms with E-state index in [1.807, 2.05) is 60.7 Å². The molecule has 0 aromatic heterocycles. The summed E-state index contributed by atoms with van der Waals surface area (Å²) in [4.78, 5) is 16.9. The molecule has 3 rings (SSSR count). The number of benzene rings is 2. The highest BCUT2D eigenvalue weighted by Gasteiger charge is 2.27. The van der Waals surface area contributed by atoms with Crippen LogP contribution >= 0.6 is 24.8 Å². The second kappa shape index (κ2) is 12.0. The quantitative estimate of drug-likeness (QED) is 0.693. The Hall–Kier alpha value is -1.59. The smallest absolute Gasteiger partial charge is 0.151 e. The first-order chi connectivity index (χ1) is 12.2. The third-order valence-electron chi connectivity index (χ3n) is 4.69. The molecular formula is C21H28Cl2N2O2. The fourth-order valence-electron chi connectivity index (χ4n) is 3.39. The van der Waals surface area contributed by atoms with Gasteiger partial charge >= 0.3 is 0 Å². The molecule has 1 aliphatic rings. The summed E-state index contributed by atoms with van der Waals surface area (Å²) < 4.78 is 5.78. The minimum atomic E-state index is -0.121. The molecule has 0 N–H and O–H groups in total. The van der Waals surface area contributed by atoms with Gasteiger partial charge in [-0.05, 0) is 24.6 Å². The van der Waals surface area contributed by atoms with Gasteiger partial charge in [0.2, 0.25) is 0 Å². The van der Waals surface area contributed by atoms with Gasteiger partial charge in [0, 0.05) is 32.7 Å². The standard InChI is InChI=1S/C21H26N2O2.2ClH/c1-18(24)21(19-8-4-2-5-9-19)23-14-12-22(13-15-23)16-17-25-20-10-6-3-7-11-20;;/h2-11,21H,12-17H2,1H3;2*1H. The predicted molar refractivity (Wildman–Crippen MR) is 114 cm³/mol. The number of carbonyl (C=O) groups excluding carboxylic acids is 1. The molecule has 0 radical (unpaired) electrons. The van der Waals surface area contributed by atoms with Crippen LogP contribution in [0, 0.1) is 0 Å². The first-order valence-electron chi connectivity index (χ1n) is 8.93. The van der Waals surface area contributed by atoms with Crippen LogP contribution in [0.5, 0.6) is 5.75 Å². The zero-order valence-electron chi connectivity index (χ0n) is 15.6. The lowest BCUT2D eigenvalue weighted by atomic mass is 10.0. The van der Waals surface area contributed by atoms with Crippen LogP contribution in [0.1, 0.15) is 18.5 Å². The maximum absolute atomic E-state index is 12.2. The number of para-hydroxylation sites is 1. The highest BCUT2D eigenvalue weighted by molar-refractivity contribution is 5.85. The Morgan fingerprint density at radius 1 is 0.926 bits per heavy atom. The van der Waals surface area contributed by atoms with Gasteiger partial charge in [0.05, 0.1) is 6.04 Å². The van der Waals surface area contributed by atoms with Crippen molar-refractivity contribution in [1.82, 2.24) is 9.80 Å². The minimum absolute atomic E-state index is 0. The number of ketones is 1. The van der Waals surface area contributed by atoms with Crippen LogP contribution in [0.15, 0.2) is 60.7 Å². The summed E-state index contributed by atoms with van der Waals surface area (Å²) in [6.45, 7) is 7.05. The summed E-state index contributed by atoms with van der Waals surface area (Å²) in [6, 6.07) is 19.9. The average Bonchev–Trinajstić information content (AvgIpc) is 2.65. The molecule has 4 nitrogen and oxygen atoms in total. The van der Waals surface area contributed by atoms with Crippen molar-refractivity contribution in [2.45, 2.75) is 13.0 Å². The van der Waals surface area contributed by atoms with Crippen LogP contribution in [0.25, 0.3) is 0 Å². The largest absolute Gasteiger partial charge is 0.492 e. The highest BCUT2D eigenvalue weighted by Crippen LogP contribution is 2.23. The van der Waals surface area contributed by atoms with Gasteiger partial charge in [0.15, 0.2) is 5.78 Å². The molecule has 148 valence electrons. The van der Waals surface area contributed by atoms with Crippen LogP contribution < -0.4 is 4.74 Å². The number of nitrogens with zero attached hydrogens (tertiary/aromatic N) is 2. The Labute approximate surface area is 174 Å². The van der Waals surface area contributed by atoms with E-state index in [2.05, 4.69) is 9.80 Å². The topological polar surface area (TPSA) is 32.8 Å². The van der Waals surface area contributed by atoms with E-state index in [1.165, 1.54) is 0 Å². The molecule has 6 heteroatoms. The van der Waals surface area contributed by atoms with E-state index in [4.69, 9.17) is 4.74 Å². The Kier molecular flexibility index (Phi) is 10.4. The van der Waals surface area contributed by atoms with Crippen LogP contribution in [-0.4, -0.2) is 54.9 Å². The normalized spacial score (nSPS) is 15.9. The Balaban J connectivity index is 0.00000182. The monoisotopic (exact) mass is 410 g/mol.